The van der Waals surface area contributed by atoms with Crippen molar-refractivity contribution in [3.8, 4) is 0 Å². The quantitative estimate of drug-likeness (QED) is 0.123. The van der Waals surface area contributed by atoms with E-state index in [0.29, 0.717) is 9.13 Å². The number of rotatable bonds is 14. The first-order chi connectivity index (χ1) is 22.0. The standard InChI is InChI=1S/C19H20F2N4O18P4/c20-19(21,44(34)42-46(36)38-5-7-11(28)13(30)15(40-7)24-3-1-9(26)22-17(24)32)45(35)43-47(37)39-6-8-12(29)14(31)16(41-8)25-4-2-10(27)23-18(25)33/h1-4,7-8,11-16,28-31H,5-6H2/q+2/p+2/t7-,8+,11-,12+,13-,14+,15-,16+. The van der Waals surface area contributed by atoms with Gasteiger partial charge in [-0.3, -0.25) is 28.7 Å². The summed E-state index contributed by atoms with van der Waals surface area (Å²) in [7, 11) is -16.4. The molecule has 4 rings (SSSR count). The molecular formula is C19H22F2N4O18P4+4. The molecule has 0 radical (unpaired) electrons. The summed E-state index contributed by atoms with van der Waals surface area (Å²) in [6.45, 7) is -1.89. The van der Waals surface area contributed by atoms with Gasteiger partial charge >= 0.3 is 49.3 Å². The SMILES string of the molecule is O=c1ccn([C@@H]2O[C@H](CO[P+](=O)O[P+](=O)C(F)(F)[P+](=O)O[P+](=O)OC[C@@H]3O[C@H](n4ccc(=O)[nH]c4=O)[C@@H](O)[C@H]3O)[C@@H](O)[C@H]2O)c(=O)[nH]1. The Bertz CT molecular complexity index is 1660. The Kier molecular flexibility index (Phi) is 12.0. The van der Waals surface area contributed by atoms with Gasteiger partial charge in [-0.25, -0.2) is 9.59 Å². The first kappa shape index (κ1) is 37.0. The lowest BCUT2D eigenvalue weighted by molar-refractivity contribution is -0.0517. The highest BCUT2D eigenvalue weighted by Gasteiger charge is 2.81. The molecule has 12 atom stereocenters. The summed E-state index contributed by atoms with van der Waals surface area (Å²) in [6, 6.07) is 1.81. The topological polar surface area (TPSA) is 314 Å². The van der Waals surface area contributed by atoms with Crippen LogP contribution in [0.2, 0.25) is 0 Å². The molecule has 0 bridgehead atoms. The van der Waals surface area contributed by atoms with Crippen molar-refractivity contribution in [1.82, 2.24) is 19.1 Å². The van der Waals surface area contributed by atoms with Crippen molar-refractivity contribution < 1.29 is 74.6 Å². The molecule has 0 saturated carbocycles. The molecule has 0 aliphatic carbocycles. The fraction of sp³-hybridized carbons (Fsp3) is 0.579. The second kappa shape index (κ2) is 15.2. The van der Waals surface area contributed by atoms with Gasteiger partial charge in [0.25, 0.3) is 11.1 Å². The molecular weight excluding hydrogens is 734 g/mol. The van der Waals surface area contributed by atoms with Gasteiger partial charge in [0.1, 0.15) is 49.8 Å². The molecule has 2 aliphatic rings. The van der Waals surface area contributed by atoms with E-state index in [1.807, 2.05) is 9.97 Å². The van der Waals surface area contributed by atoms with E-state index in [1.54, 1.807) is 0 Å². The molecule has 47 heavy (non-hydrogen) atoms. The smallest absolute Gasteiger partial charge is 0.387 e. The van der Waals surface area contributed by atoms with E-state index in [4.69, 9.17) is 9.47 Å². The van der Waals surface area contributed by atoms with Crippen LogP contribution in [0.4, 0.5) is 8.78 Å². The van der Waals surface area contributed by atoms with Crippen molar-refractivity contribution in [2.75, 3.05) is 13.2 Å². The van der Waals surface area contributed by atoms with Crippen LogP contribution in [0.5, 0.6) is 0 Å². The number of aliphatic hydroxyl groups is 4. The molecule has 4 unspecified atom stereocenters. The molecule has 2 aromatic heterocycles. The van der Waals surface area contributed by atoms with Crippen LogP contribution >= 0.6 is 32.6 Å². The van der Waals surface area contributed by atoms with E-state index in [-0.39, 0.29) is 0 Å². The molecule has 0 amide bonds. The summed E-state index contributed by atoms with van der Waals surface area (Å²) < 4.78 is 106. The molecule has 256 valence electrons. The molecule has 0 spiro atoms. The Morgan fingerprint density at radius 1 is 0.702 bits per heavy atom. The van der Waals surface area contributed by atoms with Crippen molar-refractivity contribution in [2.24, 2.45) is 0 Å². The maximum atomic E-state index is 14.4. The molecule has 2 aliphatic heterocycles. The zero-order valence-corrected chi connectivity index (χ0v) is 26.4. The second-order valence-corrected chi connectivity index (χ2v) is 14.6. The monoisotopic (exact) mass is 756 g/mol. The lowest BCUT2D eigenvalue weighted by Crippen LogP contribution is -2.37. The number of hydrogen-bond acceptors (Lipinski definition) is 18. The van der Waals surface area contributed by atoms with Gasteiger partial charge in [-0.05, 0) is 9.13 Å². The number of aromatic nitrogens is 4. The minimum absolute atomic E-state index is 0.703. The highest BCUT2D eigenvalue weighted by Crippen LogP contribution is 2.64. The number of aromatic amines is 2. The molecule has 2 saturated heterocycles. The van der Waals surface area contributed by atoms with E-state index in [1.165, 1.54) is 0 Å². The van der Waals surface area contributed by atoms with Gasteiger partial charge < -0.3 is 29.9 Å². The van der Waals surface area contributed by atoms with Gasteiger partial charge in [-0.1, -0.05) is 0 Å². The predicted molar refractivity (Wildman–Crippen MR) is 144 cm³/mol. The minimum atomic E-state index is -4.94. The lowest BCUT2D eigenvalue weighted by atomic mass is 10.1. The van der Waals surface area contributed by atoms with Gasteiger partial charge in [-0.15, -0.1) is 17.8 Å². The lowest BCUT2D eigenvalue weighted by Gasteiger charge is -2.16. The van der Waals surface area contributed by atoms with E-state index in [9.17, 15) is 66.6 Å². The van der Waals surface area contributed by atoms with Crippen molar-refractivity contribution in [3.05, 3.63) is 66.2 Å². The van der Waals surface area contributed by atoms with Crippen LogP contribution in [0.15, 0.2) is 43.7 Å². The van der Waals surface area contributed by atoms with Gasteiger partial charge in [0.2, 0.25) is 0 Å². The largest absolute Gasteiger partial charge is 0.745 e. The zero-order valence-electron chi connectivity index (χ0n) is 22.8. The van der Waals surface area contributed by atoms with Crippen LogP contribution < -0.4 is 22.5 Å². The number of nitrogens with one attached hydrogen (secondary N) is 2. The number of halogens is 2. The highest BCUT2D eigenvalue weighted by molar-refractivity contribution is 7.65. The molecule has 2 fully saturated rings. The van der Waals surface area contributed by atoms with Crippen LogP contribution in [0, 0.1) is 0 Å². The summed E-state index contributed by atoms with van der Waals surface area (Å²) in [5.74, 6) is 0. The van der Waals surface area contributed by atoms with Crippen LogP contribution in [0.3, 0.4) is 0 Å². The third kappa shape index (κ3) is 8.45. The van der Waals surface area contributed by atoms with Crippen molar-refractivity contribution >= 4 is 32.6 Å². The number of alkyl halides is 2. The Morgan fingerprint density at radius 2 is 1.06 bits per heavy atom. The van der Waals surface area contributed by atoms with Gasteiger partial charge in [0, 0.05) is 33.7 Å². The molecule has 22 nitrogen and oxygen atoms in total. The van der Waals surface area contributed by atoms with Gasteiger partial charge in [-0.2, -0.15) is 0 Å². The maximum absolute atomic E-state index is 14.4. The van der Waals surface area contributed by atoms with Gasteiger partial charge in [0.15, 0.2) is 21.1 Å². The van der Waals surface area contributed by atoms with Crippen LogP contribution in [-0.2, 0) is 45.4 Å². The summed E-state index contributed by atoms with van der Waals surface area (Å²) in [5.41, 5.74) is -3.60. The maximum Gasteiger partial charge on any atom is 0.745 e. The molecule has 4 heterocycles. The summed E-state index contributed by atoms with van der Waals surface area (Å²) in [6.07, 6.45) is -11.5. The molecule has 0 aromatic carbocycles. The van der Waals surface area contributed by atoms with Crippen molar-refractivity contribution in [1.29, 1.82) is 0 Å². The predicted octanol–water partition coefficient (Wildman–Crippen LogP) is -1.26. The van der Waals surface area contributed by atoms with Gasteiger partial charge in [0.05, 0.1) is 0 Å². The van der Waals surface area contributed by atoms with Crippen molar-refractivity contribution in [3.63, 3.8) is 0 Å². The van der Waals surface area contributed by atoms with E-state index in [2.05, 4.69) is 17.7 Å². The molecule has 28 heteroatoms. The minimum Gasteiger partial charge on any atom is -0.387 e. The number of ether oxygens (including phenoxy) is 2. The molecule has 2 aromatic rings. The highest BCUT2D eigenvalue weighted by atomic mass is 31.2. The van der Waals surface area contributed by atoms with E-state index >= 15 is 0 Å². The first-order valence-electron chi connectivity index (χ1n) is 12.6. The summed E-state index contributed by atoms with van der Waals surface area (Å²) in [4.78, 5) is 50.0. The Labute approximate surface area is 260 Å². The fourth-order valence-corrected chi connectivity index (χ4v) is 7.91. The first-order valence-corrected chi connectivity index (χ1v) is 17.1. The molecule has 6 N–H and O–H groups in total. The van der Waals surface area contributed by atoms with E-state index in [0.717, 1.165) is 24.5 Å². The Hall–Kier alpha value is -2.78. The number of aliphatic hydroxyl groups excluding tert-OH is 4. The average Bonchev–Trinajstić information content (AvgIpc) is 3.44. The average molecular weight is 756 g/mol. The normalized spacial score (nSPS) is 29.1. The third-order valence-corrected chi connectivity index (χ3v) is 11.2. The fourth-order valence-electron chi connectivity index (χ4n) is 4.05. The zero-order chi connectivity index (χ0) is 34.8. The van der Waals surface area contributed by atoms with Crippen LogP contribution in [0.25, 0.3) is 0 Å². The Morgan fingerprint density at radius 3 is 1.40 bits per heavy atom. The summed E-state index contributed by atoms with van der Waals surface area (Å²) >= 11 is 0. The number of H-pyrrole nitrogens is 2. The number of nitrogens with zero attached hydrogens (tertiary/aromatic N) is 2. The summed E-state index contributed by atoms with van der Waals surface area (Å²) in [5, 5.41) is 35.6. The Balaban J connectivity index is 1.24. The second-order valence-electron chi connectivity index (χ2n) is 9.35. The van der Waals surface area contributed by atoms with Crippen LogP contribution in [-0.4, -0.2) is 94.8 Å². The van der Waals surface area contributed by atoms with Crippen molar-refractivity contribution in [2.45, 2.75) is 54.5 Å². The number of hydrogen-bond donors (Lipinski definition) is 6. The van der Waals surface area contributed by atoms with Crippen LogP contribution in [0.1, 0.15) is 12.5 Å². The van der Waals surface area contributed by atoms with E-state index < -0.39 is 123 Å². The third-order valence-electron chi connectivity index (χ3n) is 6.33.